The van der Waals surface area contributed by atoms with E-state index in [0.29, 0.717) is 0 Å². The number of nitrogens with one attached hydrogen (secondary N) is 1. The van der Waals surface area contributed by atoms with E-state index in [9.17, 15) is 5.11 Å². The molecule has 2 atom stereocenters. The van der Waals surface area contributed by atoms with Gasteiger partial charge in [0.15, 0.2) is 0 Å². The topological polar surface area (TPSA) is 45.1 Å². The first kappa shape index (κ1) is 15.8. The van der Waals surface area contributed by atoms with Crippen molar-refractivity contribution >= 4 is 38.6 Å². The lowest BCUT2D eigenvalue weighted by atomic mass is 10.1. The fourth-order valence-electron chi connectivity index (χ4n) is 2.18. The molecular formula is C15H19BrN2OS. The van der Waals surface area contributed by atoms with Crippen LogP contribution in [0.4, 0.5) is 0 Å². The van der Waals surface area contributed by atoms with E-state index in [0.717, 1.165) is 21.9 Å². The minimum atomic E-state index is 0.189. The van der Waals surface area contributed by atoms with Gasteiger partial charge in [-0.1, -0.05) is 28.1 Å². The number of thioether (sulfide) groups is 1. The second kappa shape index (κ2) is 7.41. The van der Waals surface area contributed by atoms with Crippen LogP contribution in [0.2, 0.25) is 0 Å². The summed E-state index contributed by atoms with van der Waals surface area (Å²) in [6.45, 7) is 3.04. The summed E-state index contributed by atoms with van der Waals surface area (Å²) >= 11 is 5.24. The van der Waals surface area contributed by atoms with Crippen molar-refractivity contribution in [2.75, 3.05) is 12.9 Å². The number of hydrogen-bond donors (Lipinski definition) is 2. The zero-order valence-electron chi connectivity index (χ0n) is 11.6. The Balaban J connectivity index is 2.16. The Bertz CT molecular complexity index is 575. The van der Waals surface area contributed by atoms with E-state index in [1.807, 2.05) is 18.5 Å². The molecule has 1 aromatic heterocycles. The number of nitrogens with zero attached hydrogens (tertiary/aromatic N) is 1. The Labute approximate surface area is 132 Å². The van der Waals surface area contributed by atoms with Crippen LogP contribution >= 0.6 is 27.7 Å². The van der Waals surface area contributed by atoms with Crippen LogP contribution in [-0.4, -0.2) is 34.2 Å². The summed E-state index contributed by atoms with van der Waals surface area (Å²) in [4.78, 5) is 4.48. The molecule has 3 nitrogen and oxygen atoms in total. The van der Waals surface area contributed by atoms with Crippen LogP contribution in [0, 0.1) is 0 Å². The predicted octanol–water partition coefficient (Wildman–Crippen LogP) is 3.20. The Morgan fingerprint density at radius 3 is 2.90 bits per heavy atom. The van der Waals surface area contributed by atoms with Crippen molar-refractivity contribution in [3.05, 3.63) is 40.5 Å². The molecule has 0 bridgehead atoms. The molecule has 0 fully saturated rings. The lowest BCUT2D eigenvalue weighted by Gasteiger charge is -2.21. The Morgan fingerprint density at radius 1 is 1.40 bits per heavy atom. The first-order valence-corrected chi connectivity index (χ1v) is 8.64. The summed E-state index contributed by atoms with van der Waals surface area (Å²) in [6.07, 6.45) is 3.84. The Morgan fingerprint density at radius 2 is 2.20 bits per heavy atom. The maximum absolute atomic E-state index is 9.32. The van der Waals surface area contributed by atoms with Crippen molar-refractivity contribution in [2.45, 2.75) is 24.8 Å². The molecule has 0 saturated heterocycles. The fraction of sp³-hybridized carbons (Fsp3) is 0.400. The molecule has 1 heterocycles. The van der Waals surface area contributed by atoms with Crippen molar-refractivity contribution in [3.63, 3.8) is 0 Å². The molecular weight excluding hydrogens is 336 g/mol. The molecule has 1 aromatic carbocycles. The second-order valence-electron chi connectivity index (χ2n) is 4.73. The molecule has 0 aliphatic rings. The average Bonchev–Trinajstić information content (AvgIpc) is 2.48. The van der Waals surface area contributed by atoms with Gasteiger partial charge in [0.25, 0.3) is 0 Å². The normalized spacial score (nSPS) is 14.4. The van der Waals surface area contributed by atoms with E-state index < -0.39 is 0 Å². The molecule has 0 amide bonds. The molecule has 0 aliphatic heterocycles. The number of pyridine rings is 1. The van der Waals surface area contributed by atoms with Gasteiger partial charge in [-0.05, 0) is 30.9 Å². The minimum absolute atomic E-state index is 0.189. The number of aliphatic hydroxyl groups is 1. The Kier molecular flexibility index (Phi) is 5.84. The second-order valence-corrected chi connectivity index (χ2v) is 6.66. The van der Waals surface area contributed by atoms with Gasteiger partial charge in [0, 0.05) is 33.9 Å². The number of halogens is 1. The third-order valence-electron chi connectivity index (χ3n) is 3.45. The summed E-state index contributed by atoms with van der Waals surface area (Å²) in [5.41, 5.74) is 2.19. The predicted molar refractivity (Wildman–Crippen MR) is 90.1 cm³/mol. The number of hydrogen-bond acceptors (Lipinski definition) is 4. The highest BCUT2D eigenvalue weighted by Crippen LogP contribution is 2.25. The van der Waals surface area contributed by atoms with Crippen molar-refractivity contribution < 1.29 is 5.11 Å². The molecule has 2 aromatic rings. The number of aliphatic hydroxyl groups excluding tert-OH is 1. The average molecular weight is 355 g/mol. The lowest BCUT2D eigenvalue weighted by molar-refractivity contribution is 0.276. The zero-order valence-corrected chi connectivity index (χ0v) is 14.0. The number of rotatable bonds is 6. The van der Waals surface area contributed by atoms with E-state index in [2.05, 4.69) is 51.4 Å². The number of benzene rings is 1. The first-order valence-electron chi connectivity index (χ1n) is 6.56. The molecule has 108 valence electrons. The van der Waals surface area contributed by atoms with Crippen LogP contribution in [0.3, 0.4) is 0 Å². The molecule has 20 heavy (non-hydrogen) atoms. The van der Waals surface area contributed by atoms with Gasteiger partial charge in [0.2, 0.25) is 0 Å². The van der Waals surface area contributed by atoms with Gasteiger partial charge >= 0.3 is 0 Å². The van der Waals surface area contributed by atoms with Gasteiger partial charge in [-0.25, -0.2) is 0 Å². The van der Waals surface area contributed by atoms with Gasteiger partial charge in [-0.15, -0.1) is 0 Å². The third kappa shape index (κ3) is 3.52. The number of aromatic nitrogens is 1. The SMILES string of the molecule is CSC(CO)C(C)NCc1ccc(Br)c2cccnc12. The lowest BCUT2D eigenvalue weighted by Crippen LogP contribution is -2.37. The highest BCUT2D eigenvalue weighted by atomic mass is 79.9. The molecule has 0 aliphatic carbocycles. The van der Waals surface area contributed by atoms with Gasteiger partial charge in [-0.2, -0.15) is 11.8 Å². The van der Waals surface area contributed by atoms with E-state index in [1.165, 1.54) is 5.56 Å². The van der Waals surface area contributed by atoms with Gasteiger partial charge < -0.3 is 10.4 Å². The molecule has 0 saturated carbocycles. The van der Waals surface area contributed by atoms with Crippen molar-refractivity contribution in [2.24, 2.45) is 0 Å². The summed E-state index contributed by atoms with van der Waals surface area (Å²) < 4.78 is 1.06. The summed E-state index contributed by atoms with van der Waals surface area (Å²) in [6, 6.07) is 8.41. The van der Waals surface area contributed by atoms with Crippen LogP contribution in [0.1, 0.15) is 12.5 Å². The first-order chi connectivity index (χ1) is 9.67. The van der Waals surface area contributed by atoms with Crippen LogP contribution in [-0.2, 0) is 6.54 Å². The molecule has 2 rings (SSSR count). The maximum Gasteiger partial charge on any atom is 0.0758 e. The van der Waals surface area contributed by atoms with Gasteiger partial charge in [0.05, 0.1) is 12.1 Å². The smallest absolute Gasteiger partial charge is 0.0758 e. The molecule has 5 heteroatoms. The van der Waals surface area contributed by atoms with E-state index in [4.69, 9.17) is 0 Å². The molecule has 2 unspecified atom stereocenters. The monoisotopic (exact) mass is 354 g/mol. The fourth-order valence-corrected chi connectivity index (χ4v) is 3.28. The van der Waals surface area contributed by atoms with E-state index in [1.54, 1.807) is 11.8 Å². The summed E-state index contributed by atoms with van der Waals surface area (Å²) in [5.74, 6) is 0. The molecule has 0 spiro atoms. The summed E-state index contributed by atoms with van der Waals surface area (Å²) in [5, 5.41) is 14.1. The van der Waals surface area contributed by atoms with E-state index in [-0.39, 0.29) is 17.9 Å². The van der Waals surface area contributed by atoms with Crippen molar-refractivity contribution in [1.29, 1.82) is 0 Å². The van der Waals surface area contributed by atoms with Crippen molar-refractivity contribution in [3.8, 4) is 0 Å². The third-order valence-corrected chi connectivity index (χ3v) is 5.31. The molecule has 0 radical (unpaired) electrons. The molecule has 2 N–H and O–H groups in total. The van der Waals surface area contributed by atoms with Gasteiger partial charge in [-0.3, -0.25) is 4.98 Å². The highest BCUT2D eigenvalue weighted by molar-refractivity contribution is 9.10. The number of fused-ring (bicyclic) bond motifs is 1. The largest absolute Gasteiger partial charge is 0.395 e. The summed E-state index contributed by atoms with van der Waals surface area (Å²) in [7, 11) is 0. The maximum atomic E-state index is 9.32. The van der Waals surface area contributed by atoms with Crippen molar-refractivity contribution in [1.82, 2.24) is 10.3 Å². The van der Waals surface area contributed by atoms with Crippen LogP contribution < -0.4 is 5.32 Å². The van der Waals surface area contributed by atoms with Crippen LogP contribution in [0.25, 0.3) is 10.9 Å². The van der Waals surface area contributed by atoms with Crippen LogP contribution in [0.5, 0.6) is 0 Å². The standard InChI is InChI=1S/C15H19BrN2OS/c1-10(14(9-19)20-2)18-8-11-5-6-13(16)12-4-3-7-17-15(11)12/h3-7,10,14,18-19H,8-9H2,1-2H3. The van der Waals surface area contributed by atoms with Crippen LogP contribution in [0.15, 0.2) is 34.9 Å². The van der Waals surface area contributed by atoms with E-state index >= 15 is 0 Å². The quantitative estimate of drug-likeness (QED) is 0.835. The highest BCUT2D eigenvalue weighted by Gasteiger charge is 2.15. The minimum Gasteiger partial charge on any atom is -0.395 e. The Hall–Kier alpha value is -0.620. The van der Waals surface area contributed by atoms with Gasteiger partial charge in [0.1, 0.15) is 0 Å². The zero-order chi connectivity index (χ0) is 14.5.